The second kappa shape index (κ2) is 5.56. The van der Waals surface area contributed by atoms with Crippen LogP contribution in [0.3, 0.4) is 0 Å². The highest BCUT2D eigenvalue weighted by molar-refractivity contribution is 5.55. The van der Waals surface area contributed by atoms with Crippen LogP contribution in [-0.2, 0) is 0 Å². The number of hydrogen-bond acceptors (Lipinski definition) is 4. The van der Waals surface area contributed by atoms with Crippen molar-refractivity contribution in [2.45, 2.75) is 19.8 Å². The molecule has 2 N–H and O–H groups in total. The van der Waals surface area contributed by atoms with Gasteiger partial charge in [0.05, 0.1) is 23.9 Å². The normalized spacial score (nSPS) is 16.1. The third-order valence-electron chi connectivity index (χ3n) is 3.07. The molecule has 4 heteroatoms. The largest absolute Gasteiger partial charge is 0.383 e. The van der Waals surface area contributed by atoms with Crippen molar-refractivity contribution in [1.82, 2.24) is 5.01 Å². The summed E-state index contributed by atoms with van der Waals surface area (Å²) in [4.78, 5) is 0. The Balaban J connectivity index is 2.27. The van der Waals surface area contributed by atoms with Gasteiger partial charge in [0.25, 0.3) is 0 Å². The summed E-state index contributed by atoms with van der Waals surface area (Å²) in [5, 5.41) is 13.2. The summed E-state index contributed by atoms with van der Waals surface area (Å²) in [5.41, 5.74) is 7.73. The van der Waals surface area contributed by atoms with Gasteiger partial charge in [0.15, 0.2) is 0 Å². The fourth-order valence-corrected chi connectivity index (χ4v) is 2.10. The third kappa shape index (κ3) is 2.31. The number of hydrazine groups is 1. The SMILES string of the molecule is CCCCN1CC(C#N)=C(N)N1c1ccccc1. The summed E-state index contributed by atoms with van der Waals surface area (Å²) < 4.78 is 0. The lowest BCUT2D eigenvalue weighted by molar-refractivity contribution is 0.308. The first-order chi connectivity index (χ1) is 8.77. The zero-order valence-electron chi connectivity index (χ0n) is 10.6. The Hall–Kier alpha value is -1.99. The molecule has 1 aromatic carbocycles. The highest BCUT2D eigenvalue weighted by atomic mass is 15.7. The lowest BCUT2D eigenvalue weighted by Gasteiger charge is -2.30. The van der Waals surface area contributed by atoms with Crippen molar-refractivity contribution in [2.75, 3.05) is 18.1 Å². The number of unbranched alkanes of at least 4 members (excludes halogenated alkanes) is 1. The highest BCUT2D eigenvalue weighted by Gasteiger charge is 2.28. The first kappa shape index (κ1) is 12.5. The molecule has 0 unspecified atom stereocenters. The van der Waals surface area contributed by atoms with E-state index in [-0.39, 0.29) is 0 Å². The molecular formula is C14H18N4. The van der Waals surface area contributed by atoms with Crippen molar-refractivity contribution in [3.05, 3.63) is 41.7 Å². The molecule has 0 fully saturated rings. The molecule has 1 heterocycles. The molecule has 0 bridgehead atoms. The maximum atomic E-state index is 9.10. The van der Waals surface area contributed by atoms with Crippen molar-refractivity contribution in [1.29, 1.82) is 5.26 Å². The molecule has 1 aliphatic rings. The van der Waals surface area contributed by atoms with Crippen molar-refractivity contribution >= 4 is 5.69 Å². The standard InChI is InChI=1S/C14H18N4/c1-2-3-9-17-11-12(10-15)14(16)18(17)13-7-5-4-6-8-13/h4-8H,2-3,9,11,16H2,1H3. The van der Waals surface area contributed by atoms with Gasteiger partial charge in [-0.05, 0) is 18.6 Å². The van der Waals surface area contributed by atoms with Crippen LogP contribution in [-0.4, -0.2) is 18.1 Å². The number of hydrogen-bond donors (Lipinski definition) is 1. The van der Waals surface area contributed by atoms with Gasteiger partial charge in [-0.3, -0.25) is 5.01 Å². The van der Waals surface area contributed by atoms with E-state index >= 15 is 0 Å². The molecule has 0 atom stereocenters. The number of nitrogens with zero attached hydrogens (tertiary/aromatic N) is 3. The minimum absolute atomic E-state index is 0.555. The third-order valence-corrected chi connectivity index (χ3v) is 3.07. The van der Waals surface area contributed by atoms with Gasteiger partial charge in [-0.2, -0.15) is 5.26 Å². The van der Waals surface area contributed by atoms with E-state index in [1.807, 2.05) is 35.3 Å². The summed E-state index contributed by atoms with van der Waals surface area (Å²) in [6.45, 7) is 3.68. The zero-order chi connectivity index (χ0) is 13.0. The number of anilines is 1. The van der Waals surface area contributed by atoms with Crippen LogP contribution in [0.5, 0.6) is 0 Å². The smallest absolute Gasteiger partial charge is 0.134 e. The average molecular weight is 242 g/mol. The first-order valence-electron chi connectivity index (χ1n) is 6.26. The molecule has 0 saturated carbocycles. The molecule has 1 aliphatic heterocycles. The number of benzene rings is 1. The highest BCUT2D eigenvalue weighted by Crippen LogP contribution is 2.26. The van der Waals surface area contributed by atoms with Crippen molar-refractivity contribution in [2.24, 2.45) is 5.73 Å². The lowest BCUT2D eigenvalue weighted by Crippen LogP contribution is -2.40. The fourth-order valence-electron chi connectivity index (χ4n) is 2.10. The monoisotopic (exact) mass is 242 g/mol. The van der Waals surface area contributed by atoms with Gasteiger partial charge >= 0.3 is 0 Å². The molecule has 18 heavy (non-hydrogen) atoms. The molecule has 0 spiro atoms. The van der Waals surface area contributed by atoms with Crippen molar-refractivity contribution in [3.8, 4) is 6.07 Å². The first-order valence-corrected chi connectivity index (χ1v) is 6.26. The molecule has 0 saturated heterocycles. The minimum Gasteiger partial charge on any atom is -0.383 e. The zero-order valence-corrected chi connectivity index (χ0v) is 10.6. The van der Waals surface area contributed by atoms with Gasteiger partial charge in [0, 0.05) is 6.54 Å². The summed E-state index contributed by atoms with van der Waals surface area (Å²) >= 11 is 0. The van der Waals surface area contributed by atoms with Gasteiger partial charge in [-0.1, -0.05) is 31.5 Å². The number of nitrogens with two attached hydrogens (primary N) is 1. The van der Waals surface area contributed by atoms with Crippen LogP contribution in [0.2, 0.25) is 0 Å². The molecule has 1 aromatic rings. The quantitative estimate of drug-likeness (QED) is 0.879. The van der Waals surface area contributed by atoms with E-state index < -0.39 is 0 Å². The lowest BCUT2D eigenvalue weighted by atomic mass is 10.3. The number of nitriles is 1. The van der Waals surface area contributed by atoms with E-state index in [1.165, 1.54) is 0 Å². The van der Waals surface area contributed by atoms with Crippen LogP contribution >= 0.6 is 0 Å². The molecule has 0 aromatic heterocycles. The van der Waals surface area contributed by atoms with E-state index in [0.29, 0.717) is 17.9 Å². The summed E-state index contributed by atoms with van der Waals surface area (Å²) in [5.74, 6) is 0.555. The van der Waals surface area contributed by atoms with Crippen LogP contribution in [0, 0.1) is 11.3 Å². The van der Waals surface area contributed by atoms with E-state index in [1.54, 1.807) is 0 Å². The van der Waals surface area contributed by atoms with Crippen LogP contribution in [0.25, 0.3) is 0 Å². The predicted octanol–water partition coefficient (Wildman–Crippen LogP) is 2.22. The van der Waals surface area contributed by atoms with E-state index in [2.05, 4.69) is 18.0 Å². The predicted molar refractivity (Wildman–Crippen MR) is 72.2 cm³/mol. The Morgan fingerprint density at radius 2 is 2.06 bits per heavy atom. The van der Waals surface area contributed by atoms with Gasteiger partial charge in [-0.25, -0.2) is 5.01 Å². The summed E-state index contributed by atoms with van der Waals surface area (Å²) in [6, 6.07) is 12.1. The molecule has 94 valence electrons. The summed E-state index contributed by atoms with van der Waals surface area (Å²) in [6.07, 6.45) is 2.22. The maximum absolute atomic E-state index is 9.10. The topological polar surface area (TPSA) is 56.3 Å². The number of para-hydroxylation sites is 1. The van der Waals surface area contributed by atoms with Crippen LogP contribution < -0.4 is 10.7 Å². The average Bonchev–Trinajstić information content (AvgIpc) is 2.73. The molecule has 0 amide bonds. The molecule has 2 rings (SSSR count). The fraction of sp³-hybridized carbons (Fsp3) is 0.357. The number of rotatable bonds is 4. The van der Waals surface area contributed by atoms with E-state index in [4.69, 9.17) is 11.0 Å². The van der Waals surface area contributed by atoms with Crippen LogP contribution in [0.1, 0.15) is 19.8 Å². The Morgan fingerprint density at radius 3 is 2.67 bits per heavy atom. The van der Waals surface area contributed by atoms with Crippen LogP contribution in [0.4, 0.5) is 5.69 Å². The maximum Gasteiger partial charge on any atom is 0.134 e. The Morgan fingerprint density at radius 1 is 1.33 bits per heavy atom. The van der Waals surface area contributed by atoms with Gasteiger partial charge in [0.1, 0.15) is 5.82 Å². The molecule has 0 aliphatic carbocycles. The Kier molecular flexibility index (Phi) is 3.85. The molecule has 4 nitrogen and oxygen atoms in total. The van der Waals surface area contributed by atoms with Crippen molar-refractivity contribution < 1.29 is 0 Å². The Bertz CT molecular complexity index is 472. The van der Waals surface area contributed by atoms with Gasteiger partial charge < -0.3 is 5.73 Å². The Labute approximate surface area is 108 Å². The molecule has 0 radical (unpaired) electrons. The van der Waals surface area contributed by atoms with Gasteiger partial charge in [-0.15, -0.1) is 0 Å². The van der Waals surface area contributed by atoms with Crippen LogP contribution in [0.15, 0.2) is 41.7 Å². The van der Waals surface area contributed by atoms with Crippen molar-refractivity contribution in [3.63, 3.8) is 0 Å². The summed E-state index contributed by atoms with van der Waals surface area (Å²) in [7, 11) is 0. The minimum atomic E-state index is 0.555. The molecular weight excluding hydrogens is 224 g/mol. The van der Waals surface area contributed by atoms with E-state index in [0.717, 1.165) is 25.1 Å². The second-order valence-electron chi connectivity index (χ2n) is 4.36. The van der Waals surface area contributed by atoms with E-state index in [9.17, 15) is 0 Å². The second-order valence-corrected chi connectivity index (χ2v) is 4.36. The van der Waals surface area contributed by atoms with Gasteiger partial charge in [0.2, 0.25) is 0 Å².